The van der Waals surface area contributed by atoms with Crippen molar-refractivity contribution in [2.45, 2.75) is 19.8 Å². The van der Waals surface area contributed by atoms with Crippen LogP contribution in [0.5, 0.6) is 0 Å². The van der Waals surface area contributed by atoms with E-state index in [1.165, 1.54) is 24.0 Å². The Labute approximate surface area is 72.2 Å². The molecule has 0 fully saturated rings. The van der Waals surface area contributed by atoms with Crippen LogP contribution in [0.4, 0.5) is 0 Å². The molecular formula is C10H11Cl. The Kier molecular flexibility index (Phi) is 1.65. The van der Waals surface area contributed by atoms with Gasteiger partial charge in [0.2, 0.25) is 0 Å². The van der Waals surface area contributed by atoms with Gasteiger partial charge in [-0.05, 0) is 42.0 Å². The monoisotopic (exact) mass is 166 g/mol. The number of fused-ring (bicyclic) bond motifs is 1. The van der Waals surface area contributed by atoms with Crippen LogP contribution in [-0.2, 0) is 12.8 Å². The molecule has 0 N–H and O–H groups in total. The summed E-state index contributed by atoms with van der Waals surface area (Å²) in [5.74, 6) is 0.809. The first kappa shape index (κ1) is 7.17. The summed E-state index contributed by atoms with van der Waals surface area (Å²) in [7, 11) is 0. The van der Waals surface area contributed by atoms with Crippen LogP contribution in [-0.4, -0.2) is 0 Å². The zero-order valence-electron chi connectivity index (χ0n) is 6.60. The van der Waals surface area contributed by atoms with Crippen LogP contribution in [0.15, 0.2) is 18.2 Å². The SMILES string of the molecule is C[C@H]1Cc2ccc(Cl)cc2C1. The van der Waals surface area contributed by atoms with Gasteiger partial charge in [0, 0.05) is 5.02 Å². The lowest BCUT2D eigenvalue weighted by atomic mass is 10.1. The maximum absolute atomic E-state index is 5.87. The van der Waals surface area contributed by atoms with Crippen molar-refractivity contribution in [1.82, 2.24) is 0 Å². The minimum Gasteiger partial charge on any atom is -0.0843 e. The molecule has 1 aliphatic rings. The van der Waals surface area contributed by atoms with Crippen molar-refractivity contribution in [2.24, 2.45) is 5.92 Å². The molecule has 0 amide bonds. The molecule has 0 spiro atoms. The van der Waals surface area contributed by atoms with Gasteiger partial charge in [0.15, 0.2) is 0 Å². The average Bonchev–Trinajstić information content (AvgIpc) is 2.27. The van der Waals surface area contributed by atoms with Crippen molar-refractivity contribution < 1.29 is 0 Å². The summed E-state index contributed by atoms with van der Waals surface area (Å²) in [6, 6.07) is 6.24. The fourth-order valence-electron chi connectivity index (χ4n) is 1.81. The van der Waals surface area contributed by atoms with Crippen molar-refractivity contribution in [3.8, 4) is 0 Å². The summed E-state index contributed by atoms with van der Waals surface area (Å²) in [5.41, 5.74) is 2.94. The molecule has 58 valence electrons. The Hall–Kier alpha value is -0.490. The molecule has 0 aliphatic heterocycles. The molecule has 1 aromatic carbocycles. The molecule has 0 heterocycles. The summed E-state index contributed by atoms with van der Waals surface area (Å²) < 4.78 is 0. The van der Waals surface area contributed by atoms with Gasteiger partial charge in [-0.3, -0.25) is 0 Å². The zero-order chi connectivity index (χ0) is 7.84. The number of rotatable bonds is 0. The summed E-state index contributed by atoms with van der Waals surface area (Å²) in [6.07, 6.45) is 2.43. The second-order valence-corrected chi connectivity index (χ2v) is 3.86. The molecule has 1 heteroatoms. The fraction of sp³-hybridized carbons (Fsp3) is 0.400. The van der Waals surface area contributed by atoms with Crippen LogP contribution in [0.1, 0.15) is 18.1 Å². The largest absolute Gasteiger partial charge is 0.0843 e. The molecule has 1 aliphatic carbocycles. The van der Waals surface area contributed by atoms with Gasteiger partial charge in [-0.1, -0.05) is 24.6 Å². The van der Waals surface area contributed by atoms with Crippen LogP contribution < -0.4 is 0 Å². The van der Waals surface area contributed by atoms with Gasteiger partial charge in [0.25, 0.3) is 0 Å². The van der Waals surface area contributed by atoms with Crippen molar-refractivity contribution >= 4 is 11.6 Å². The van der Waals surface area contributed by atoms with E-state index in [0.717, 1.165) is 10.9 Å². The Bertz CT molecular complexity index is 278. The first-order chi connectivity index (χ1) is 5.25. The van der Waals surface area contributed by atoms with E-state index < -0.39 is 0 Å². The van der Waals surface area contributed by atoms with Crippen LogP contribution in [0, 0.1) is 5.92 Å². The first-order valence-electron chi connectivity index (χ1n) is 4.03. The molecular weight excluding hydrogens is 156 g/mol. The lowest BCUT2D eigenvalue weighted by Crippen LogP contribution is -1.89. The van der Waals surface area contributed by atoms with Gasteiger partial charge in [0.05, 0.1) is 0 Å². The van der Waals surface area contributed by atoms with Gasteiger partial charge < -0.3 is 0 Å². The van der Waals surface area contributed by atoms with Crippen LogP contribution in [0.2, 0.25) is 5.02 Å². The van der Waals surface area contributed by atoms with Gasteiger partial charge >= 0.3 is 0 Å². The maximum Gasteiger partial charge on any atom is 0.0408 e. The number of hydrogen-bond acceptors (Lipinski definition) is 0. The molecule has 11 heavy (non-hydrogen) atoms. The van der Waals surface area contributed by atoms with E-state index in [4.69, 9.17) is 11.6 Å². The summed E-state index contributed by atoms with van der Waals surface area (Å²) in [4.78, 5) is 0. The molecule has 1 aromatic rings. The van der Waals surface area contributed by atoms with Crippen LogP contribution >= 0.6 is 11.6 Å². The van der Waals surface area contributed by atoms with Crippen LogP contribution in [0.25, 0.3) is 0 Å². The molecule has 0 aromatic heterocycles. The molecule has 0 bridgehead atoms. The normalized spacial score (nSPS) is 21.8. The second-order valence-electron chi connectivity index (χ2n) is 3.43. The van der Waals surface area contributed by atoms with Crippen LogP contribution in [0.3, 0.4) is 0 Å². The number of halogens is 1. The molecule has 0 nitrogen and oxygen atoms in total. The second kappa shape index (κ2) is 2.53. The highest BCUT2D eigenvalue weighted by atomic mass is 35.5. The Morgan fingerprint density at radius 3 is 2.82 bits per heavy atom. The van der Waals surface area contributed by atoms with Gasteiger partial charge in [-0.2, -0.15) is 0 Å². The highest BCUT2D eigenvalue weighted by Gasteiger charge is 2.16. The van der Waals surface area contributed by atoms with E-state index >= 15 is 0 Å². The van der Waals surface area contributed by atoms with E-state index in [0.29, 0.717) is 0 Å². The average molecular weight is 167 g/mol. The van der Waals surface area contributed by atoms with Crippen molar-refractivity contribution in [2.75, 3.05) is 0 Å². The summed E-state index contributed by atoms with van der Waals surface area (Å²) in [5, 5.41) is 0.873. The summed E-state index contributed by atoms with van der Waals surface area (Å²) in [6.45, 7) is 2.29. The molecule has 0 saturated heterocycles. The highest BCUT2D eigenvalue weighted by molar-refractivity contribution is 6.30. The molecule has 0 saturated carbocycles. The lowest BCUT2D eigenvalue weighted by molar-refractivity contribution is 0.628. The molecule has 0 unspecified atom stereocenters. The maximum atomic E-state index is 5.87. The van der Waals surface area contributed by atoms with Gasteiger partial charge in [-0.15, -0.1) is 0 Å². The molecule has 0 radical (unpaired) electrons. The number of benzene rings is 1. The first-order valence-corrected chi connectivity index (χ1v) is 4.41. The van der Waals surface area contributed by atoms with Crippen molar-refractivity contribution in [1.29, 1.82) is 0 Å². The van der Waals surface area contributed by atoms with E-state index in [1.54, 1.807) is 0 Å². The summed E-state index contributed by atoms with van der Waals surface area (Å²) >= 11 is 5.87. The third-order valence-electron chi connectivity index (χ3n) is 2.31. The number of hydrogen-bond donors (Lipinski definition) is 0. The van der Waals surface area contributed by atoms with Gasteiger partial charge in [-0.25, -0.2) is 0 Å². The Morgan fingerprint density at radius 2 is 2.00 bits per heavy atom. The smallest absolute Gasteiger partial charge is 0.0408 e. The Balaban J connectivity index is 2.43. The van der Waals surface area contributed by atoms with E-state index in [9.17, 15) is 0 Å². The van der Waals surface area contributed by atoms with Gasteiger partial charge in [0.1, 0.15) is 0 Å². The third kappa shape index (κ3) is 1.28. The molecule has 2 rings (SSSR count). The van der Waals surface area contributed by atoms with E-state index in [2.05, 4.69) is 19.1 Å². The zero-order valence-corrected chi connectivity index (χ0v) is 7.36. The Morgan fingerprint density at radius 1 is 1.27 bits per heavy atom. The fourth-order valence-corrected chi connectivity index (χ4v) is 2.00. The van der Waals surface area contributed by atoms with E-state index in [1.807, 2.05) is 6.07 Å². The lowest BCUT2D eigenvalue weighted by Gasteiger charge is -1.96. The predicted octanol–water partition coefficient (Wildman–Crippen LogP) is 3.07. The topological polar surface area (TPSA) is 0 Å². The van der Waals surface area contributed by atoms with Crippen molar-refractivity contribution in [3.05, 3.63) is 34.3 Å². The van der Waals surface area contributed by atoms with Crippen molar-refractivity contribution in [3.63, 3.8) is 0 Å². The highest BCUT2D eigenvalue weighted by Crippen LogP contribution is 2.28. The molecule has 1 atom stereocenters. The van der Waals surface area contributed by atoms with E-state index in [-0.39, 0.29) is 0 Å². The third-order valence-corrected chi connectivity index (χ3v) is 2.54. The predicted molar refractivity (Wildman–Crippen MR) is 48.0 cm³/mol. The quantitative estimate of drug-likeness (QED) is 0.556. The minimum atomic E-state index is 0.809. The standard InChI is InChI=1S/C10H11Cl/c1-7-4-8-2-3-10(11)6-9(8)5-7/h2-3,6-7H,4-5H2,1H3/t7-/m0/s1. The minimum absolute atomic E-state index is 0.809.